The molecule has 0 radical (unpaired) electrons. The van der Waals surface area contributed by atoms with Crippen LogP contribution in [0.25, 0.3) is 5.57 Å². The zero-order valence-electron chi connectivity index (χ0n) is 14.7. The maximum Gasteiger partial charge on any atom is 0.417 e. The van der Waals surface area contributed by atoms with Crippen LogP contribution in [0, 0.1) is 0 Å². The second kappa shape index (κ2) is 6.87. The van der Waals surface area contributed by atoms with Crippen LogP contribution in [-0.2, 0) is 11.2 Å². The van der Waals surface area contributed by atoms with Crippen molar-refractivity contribution in [2.24, 2.45) is 0 Å². The number of allylic oxidation sites excluding steroid dienone is 1. The van der Waals surface area contributed by atoms with E-state index in [1.54, 1.807) is 23.1 Å². The topological polar surface area (TPSA) is 20.3 Å². The lowest BCUT2D eigenvalue weighted by Gasteiger charge is -2.29. The van der Waals surface area contributed by atoms with Gasteiger partial charge >= 0.3 is 6.18 Å². The Morgan fingerprint density at radius 2 is 1.63 bits per heavy atom. The Morgan fingerprint density at radius 1 is 0.963 bits per heavy atom. The number of alkyl halides is 3. The van der Waals surface area contributed by atoms with Gasteiger partial charge in [-0.2, -0.15) is 13.2 Å². The Labute approximate surface area is 156 Å². The van der Waals surface area contributed by atoms with Gasteiger partial charge in [-0.15, -0.1) is 0 Å². The molecule has 0 aromatic heterocycles. The average Bonchev–Trinajstić information content (AvgIpc) is 3.39. The van der Waals surface area contributed by atoms with E-state index in [9.17, 15) is 18.0 Å². The summed E-state index contributed by atoms with van der Waals surface area (Å²) in [5, 5.41) is 0. The highest BCUT2D eigenvalue weighted by Crippen LogP contribution is 2.43. The molecule has 1 saturated carbocycles. The minimum absolute atomic E-state index is 0.0147. The Kier molecular flexibility index (Phi) is 4.54. The zero-order valence-corrected chi connectivity index (χ0v) is 14.7. The summed E-state index contributed by atoms with van der Waals surface area (Å²) < 4.78 is 40.9. The van der Waals surface area contributed by atoms with Crippen molar-refractivity contribution in [3.05, 3.63) is 77.4 Å². The van der Waals surface area contributed by atoms with Gasteiger partial charge in [0.1, 0.15) is 0 Å². The lowest BCUT2D eigenvalue weighted by atomic mass is 10.0. The van der Waals surface area contributed by atoms with E-state index in [4.69, 9.17) is 0 Å². The maximum atomic E-state index is 13.6. The number of carbonyl (C=O) groups excluding carboxylic acids is 1. The third kappa shape index (κ3) is 3.64. The molecule has 4 rings (SSSR count). The second-order valence-corrected chi connectivity index (χ2v) is 7.15. The number of halogens is 3. The molecule has 2 nitrogen and oxygen atoms in total. The summed E-state index contributed by atoms with van der Waals surface area (Å²) >= 11 is 0. The van der Waals surface area contributed by atoms with Crippen LogP contribution in [0.3, 0.4) is 0 Å². The fraction of sp³-hybridized carbons (Fsp3) is 0.318. The van der Waals surface area contributed by atoms with E-state index in [-0.39, 0.29) is 17.6 Å². The first-order chi connectivity index (χ1) is 12.9. The summed E-state index contributed by atoms with van der Waals surface area (Å²) in [7, 11) is 0. The molecule has 2 aromatic rings. The minimum Gasteiger partial charge on any atom is -0.329 e. The fourth-order valence-corrected chi connectivity index (χ4v) is 3.91. The molecule has 1 amide bonds. The van der Waals surface area contributed by atoms with Crippen molar-refractivity contribution in [3.8, 4) is 0 Å². The largest absolute Gasteiger partial charge is 0.417 e. The molecule has 27 heavy (non-hydrogen) atoms. The van der Waals surface area contributed by atoms with Crippen LogP contribution in [0.5, 0.6) is 0 Å². The van der Waals surface area contributed by atoms with Crippen LogP contribution in [-0.4, -0.2) is 23.0 Å². The van der Waals surface area contributed by atoms with Crippen molar-refractivity contribution < 1.29 is 18.0 Å². The molecule has 1 fully saturated rings. The van der Waals surface area contributed by atoms with E-state index >= 15 is 0 Å². The van der Waals surface area contributed by atoms with Gasteiger partial charge in [-0.05, 0) is 42.4 Å². The maximum absolute atomic E-state index is 13.6. The summed E-state index contributed by atoms with van der Waals surface area (Å²) in [6.07, 6.45) is -0.474. The highest BCUT2D eigenvalue weighted by Gasteiger charge is 2.41. The zero-order chi connectivity index (χ0) is 19.0. The Morgan fingerprint density at radius 3 is 2.30 bits per heavy atom. The number of carbonyl (C=O) groups is 1. The van der Waals surface area contributed by atoms with Crippen molar-refractivity contribution in [1.29, 1.82) is 0 Å². The summed E-state index contributed by atoms with van der Waals surface area (Å²) in [5.74, 6) is -0.546. The fourth-order valence-electron chi connectivity index (χ4n) is 3.91. The van der Waals surface area contributed by atoms with Gasteiger partial charge in [-0.25, -0.2) is 0 Å². The summed E-state index contributed by atoms with van der Waals surface area (Å²) in [6, 6.07) is 15.3. The normalized spacial score (nSPS) is 19.7. The van der Waals surface area contributed by atoms with E-state index in [0.29, 0.717) is 0 Å². The van der Waals surface area contributed by atoms with Gasteiger partial charge < -0.3 is 4.90 Å². The van der Waals surface area contributed by atoms with Gasteiger partial charge in [0.15, 0.2) is 0 Å². The highest BCUT2D eigenvalue weighted by atomic mass is 19.4. The van der Waals surface area contributed by atoms with Crippen molar-refractivity contribution >= 4 is 11.5 Å². The van der Waals surface area contributed by atoms with E-state index in [0.717, 1.165) is 37.3 Å². The van der Waals surface area contributed by atoms with Crippen LogP contribution in [0.15, 0.2) is 60.7 Å². The van der Waals surface area contributed by atoms with E-state index in [1.807, 2.05) is 24.3 Å². The second-order valence-electron chi connectivity index (χ2n) is 7.15. The summed E-state index contributed by atoms with van der Waals surface area (Å²) in [4.78, 5) is 14.7. The quantitative estimate of drug-likeness (QED) is 0.667. The summed E-state index contributed by atoms with van der Waals surface area (Å²) in [5.41, 5.74) is 1.38. The summed E-state index contributed by atoms with van der Waals surface area (Å²) in [6.45, 7) is 0. The monoisotopic (exact) mass is 371 g/mol. The van der Waals surface area contributed by atoms with Crippen LogP contribution in [0.2, 0.25) is 0 Å². The molecule has 0 spiro atoms. The van der Waals surface area contributed by atoms with Crippen molar-refractivity contribution in [3.63, 3.8) is 0 Å². The molecule has 0 N–H and O–H groups in total. The third-order valence-corrected chi connectivity index (χ3v) is 5.29. The molecule has 2 aromatic carbocycles. The van der Waals surface area contributed by atoms with E-state index < -0.39 is 17.7 Å². The van der Waals surface area contributed by atoms with Gasteiger partial charge in [0, 0.05) is 12.1 Å². The molecular formula is C22H20F3NO. The smallest absolute Gasteiger partial charge is 0.329 e. The van der Waals surface area contributed by atoms with Crippen LogP contribution < -0.4 is 0 Å². The Balaban J connectivity index is 1.69. The number of hydrogen-bond acceptors (Lipinski definition) is 1. The molecule has 5 heteroatoms. The van der Waals surface area contributed by atoms with Crippen molar-refractivity contribution in [2.45, 2.75) is 43.9 Å². The minimum atomic E-state index is -4.58. The number of rotatable bonds is 4. The van der Waals surface area contributed by atoms with Crippen molar-refractivity contribution in [1.82, 2.24) is 4.90 Å². The van der Waals surface area contributed by atoms with Gasteiger partial charge in [0.05, 0.1) is 11.6 Å². The number of amides is 1. The first kappa shape index (κ1) is 17.8. The van der Waals surface area contributed by atoms with Gasteiger partial charge in [-0.1, -0.05) is 54.6 Å². The molecule has 2 aliphatic carbocycles. The predicted octanol–water partition coefficient (Wildman–Crippen LogP) is 5.31. The van der Waals surface area contributed by atoms with Crippen LogP contribution in [0.1, 0.15) is 42.0 Å². The molecule has 0 heterocycles. The third-order valence-electron chi connectivity index (χ3n) is 5.29. The number of hydrogen-bond donors (Lipinski definition) is 0. The SMILES string of the molecule is O=C(/C=C(/c1ccccc1)C(F)(F)F)N(C1CC1)C1CCc2ccccc21. The molecule has 0 saturated heterocycles. The first-order valence-electron chi connectivity index (χ1n) is 9.19. The number of aryl methyl sites for hydroxylation is 1. The lowest BCUT2D eigenvalue weighted by molar-refractivity contribution is -0.129. The number of fused-ring (bicyclic) bond motifs is 1. The van der Waals surface area contributed by atoms with Crippen LogP contribution >= 0.6 is 0 Å². The van der Waals surface area contributed by atoms with E-state index in [1.165, 1.54) is 17.7 Å². The molecular weight excluding hydrogens is 351 g/mol. The van der Waals surface area contributed by atoms with Gasteiger partial charge in [0.25, 0.3) is 0 Å². The molecule has 0 bridgehead atoms. The predicted molar refractivity (Wildman–Crippen MR) is 97.8 cm³/mol. The number of nitrogens with zero attached hydrogens (tertiary/aromatic N) is 1. The molecule has 1 atom stereocenters. The average molecular weight is 371 g/mol. The van der Waals surface area contributed by atoms with Crippen LogP contribution in [0.4, 0.5) is 13.2 Å². The van der Waals surface area contributed by atoms with Gasteiger partial charge in [0.2, 0.25) is 5.91 Å². The van der Waals surface area contributed by atoms with Gasteiger partial charge in [-0.3, -0.25) is 4.79 Å². The first-order valence-corrected chi connectivity index (χ1v) is 9.19. The molecule has 140 valence electrons. The highest BCUT2D eigenvalue weighted by molar-refractivity contribution is 5.97. The number of benzene rings is 2. The van der Waals surface area contributed by atoms with Crippen molar-refractivity contribution in [2.75, 3.05) is 0 Å². The lowest BCUT2D eigenvalue weighted by Crippen LogP contribution is -2.35. The molecule has 2 aliphatic rings. The van der Waals surface area contributed by atoms with E-state index in [2.05, 4.69) is 0 Å². The molecule has 1 unspecified atom stereocenters. The standard InChI is InChI=1S/C22H20F3NO/c23-22(24,25)19(16-7-2-1-3-8-16)14-21(27)26(17-11-12-17)20-13-10-15-6-4-5-9-18(15)20/h1-9,14,17,20H,10-13H2/b19-14-. The Bertz CT molecular complexity index is 869. The Hall–Kier alpha value is -2.56. The molecule has 0 aliphatic heterocycles.